The van der Waals surface area contributed by atoms with E-state index in [-0.39, 0.29) is 0 Å². The molecule has 0 bridgehead atoms. The minimum Gasteiger partial charge on any atom is -0.374 e. The Labute approximate surface area is 124 Å². The number of anilines is 1. The van der Waals surface area contributed by atoms with Gasteiger partial charge in [0.25, 0.3) is 0 Å². The van der Waals surface area contributed by atoms with Crippen molar-refractivity contribution in [3.8, 4) is 10.6 Å². The van der Waals surface area contributed by atoms with Crippen molar-refractivity contribution in [2.24, 2.45) is 0 Å². The van der Waals surface area contributed by atoms with Crippen molar-refractivity contribution in [3.05, 3.63) is 34.8 Å². The first kappa shape index (κ1) is 13.6. The molecular weight excluding hydrogens is 266 g/mol. The van der Waals surface area contributed by atoms with Gasteiger partial charge in [-0.1, -0.05) is 6.92 Å². The Kier molecular flexibility index (Phi) is 4.03. The van der Waals surface area contributed by atoms with E-state index in [2.05, 4.69) is 47.4 Å². The molecule has 1 aliphatic heterocycles. The number of nitrogens with one attached hydrogen (secondary N) is 1. The van der Waals surface area contributed by atoms with E-state index in [1.165, 1.54) is 34.5 Å². The molecule has 2 heterocycles. The topological polar surface area (TPSA) is 28.2 Å². The first-order valence-corrected chi connectivity index (χ1v) is 8.09. The van der Waals surface area contributed by atoms with Gasteiger partial charge in [0.2, 0.25) is 0 Å². The number of nitrogens with zero attached hydrogens (tertiary/aromatic N) is 2. The van der Waals surface area contributed by atoms with E-state index in [4.69, 9.17) is 0 Å². The quantitative estimate of drug-likeness (QED) is 0.935. The highest BCUT2D eigenvalue weighted by Gasteiger charge is 2.15. The summed E-state index contributed by atoms with van der Waals surface area (Å²) in [5, 5.41) is 4.48. The SMILES string of the molecule is CCNCc1cnc(-c2ccc3c(c2)CCCN3C)s1. The lowest BCUT2D eigenvalue weighted by Crippen LogP contribution is -2.24. The molecule has 1 aliphatic rings. The summed E-state index contributed by atoms with van der Waals surface area (Å²) >= 11 is 1.79. The minimum atomic E-state index is 0.918. The van der Waals surface area contributed by atoms with Crippen LogP contribution in [0.15, 0.2) is 24.4 Å². The third kappa shape index (κ3) is 2.72. The molecule has 1 aromatic carbocycles. The summed E-state index contributed by atoms with van der Waals surface area (Å²) in [6.45, 7) is 5.21. The molecule has 0 radical (unpaired) electrons. The van der Waals surface area contributed by atoms with Gasteiger partial charge in [-0.3, -0.25) is 0 Å². The van der Waals surface area contributed by atoms with Gasteiger partial charge in [0, 0.05) is 42.5 Å². The highest BCUT2D eigenvalue weighted by molar-refractivity contribution is 7.15. The minimum absolute atomic E-state index is 0.918. The average Bonchev–Trinajstić information content (AvgIpc) is 2.94. The van der Waals surface area contributed by atoms with Gasteiger partial charge in [-0.25, -0.2) is 4.98 Å². The van der Waals surface area contributed by atoms with Crippen molar-refractivity contribution in [1.82, 2.24) is 10.3 Å². The van der Waals surface area contributed by atoms with Crippen LogP contribution in [0.25, 0.3) is 10.6 Å². The van der Waals surface area contributed by atoms with Crippen LogP contribution in [0.4, 0.5) is 5.69 Å². The second-order valence-corrected chi connectivity index (χ2v) is 6.40. The zero-order chi connectivity index (χ0) is 13.9. The lowest BCUT2D eigenvalue weighted by Gasteiger charge is -2.27. The van der Waals surface area contributed by atoms with E-state index in [1.807, 2.05) is 6.20 Å². The van der Waals surface area contributed by atoms with Crippen molar-refractivity contribution in [1.29, 1.82) is 0 Å². The van der Waals surface area contributed by atoms with Crippen LogP contribution in [0.1, 0.15) is 23.8 Å². The van der Waals surface area contributed by atoms with Crippen LogP contribution in [-0.4, -0.2) is 25.1 Å². The highest BCUT2D eigenvalue weighted by atomic mass is 32.1. The zero-order valence-corrected chi connectivity index (χ0v) is 13.0. The summed E-state index contributed by atoms with van der Waals surface area (Å²) in [7, 11) is 2.18. The molecule has 0 atom stereocenters. The van der Waals surface area contributed by atoms with Gasteiger partial charge >= 0.3 is 0 Å². The summed E-state index contributed by atoms with van der Waals surface area (Å²) < 4.78 is 0. The van der Waals surface area contributed by atoms with Crippen molar-refractivity contribution < 1.29 is 0 Å². The fourth-order valence-corrected chi connectivity index (χ4v) is 3.57. The van der Waals surface area contributed by atoms with Gasteiger partial charge in [0.15, 0.2) is 0 Å². The van der Waals surface area contributed by atoms with Crippen LogP contribution in [0.5, 0.6) is 0 Å². The summed E-state index contributed by atoms with van der Waals surface area (Å²) in [6, 6.07) is 6.77. The molecule has 0 saturated carbocycles. The van der Waals surface area contributed by atoms with E-state index in [9.17, 15) is 0 Å². The first-order chi connectivity index (χ1) is 9.78. The lowest BCUT2D eigenvalue weighted by atomic mass is 10.00. The van der Waals surface area contributed by atoms with Gasteiger partial charge in [-0.05, 0) is 43.1 Å². The van der Waals surface area contributed by atoms with Crippen molar-refractivity contribution in [2.75, 3.05) is 25.0 Å². The molecule has 1 aromatic heterocycles. The predicted molar refractivity (Wildman–Crippen MR) is 86.5 cm³/mol. The van der Waals surface area contributed by atoms with Crippen molar-refractivity contribution >= 4 is 17.0 Å². The average molecular weight is 287 g/mol. The van der Waals surface area contributed by atoms with Crippen LogP contribution in [0, 0.1) is 0 Å². The van der Waals surface area contributed by atoms with Gasteiger partial charge in [0.1, 0.15) is 5.01 Å². The second-order valence-electron chi connectivity index (χ2n) is 5.28. The Morgan fingerprint density at radius 3 is 3.15 bits per heavy atom. The third-order valence-corrected chi connectivity index (χ3v) is 4.83. The van der Waals surface area contributed by atoms with Crippen molar-refractivity contribution in [3.63, 3.8) is 0 Å². The highest BCUT2D eigenvalue weighted by Crippen LogP contribution is 2.32. The van der Waals surface area contributed by atoms with E-state index in [1.54, 1.807) is 11.3 Å². The summed E-state index contributed by atoms with van der Waals surface area (Å²) in [5.41, 5.74) is 4.09. The molecule has 1 N–H and O–H groups in total. The Bertz CT molecular complexity index is 591. The third-order valence-electron chi connectivity index (χ3n) is 3.78. The van der Waals surface area contributed by atoms with Crippen LogP contribution in [0.2, 0.25) is 0 Å². The Balaban J connectivity index is 1.85. The maximum Gasteiger partial charge on any atom is 0.123 e. The van der Waals surface area contributed by atoms with Crippen LogP contribution in [0.3, 0.4) is 0 Å². The number of aromatic nitrogens is 1. The lowest BCUT2D eigenvalue weighted by molar-refractivity contribution is 0.734. The largest absolute Gasteiger partial charge is 0.374 e. The number of aryl methyl sites for hydroxylation is 1. The van der Waals surface area contributed by atoms with E-state index in [0.717, 1.165) is 24.6 Å². The summed E-state index contributed by atoms with van der Waals surface area (Å²) in [4.78, 5) is 8.22. The number of hydrogen-bond donors (Lipinski definition) is 1. The number of benzene rings is 1. The number of thiazole rings is 1. The molecule has 4 heteroatoms. The molecule has 106 valence electrons. The Morgan fingerprint density at radius 1 is 1.40 bits per heavy atom. The molecule has 3 rings (SSSR count). The van der Waals surface area contributed by atoms with Gasteiger partial charge in [-0.15, -0.1) is 11.3 Å². The van der Waals surface area contributed by atoms with E-state index in [0.29, 0.717) is 0 Å². The second kappa shape index (κ2) is 5.94. The smallest absolute Gasteiger partial charge is 0.123 e. The fraction of sp³-hybridized carbons (Fsp3) is 0.438. The van der Waals surface area contributed by atoms with Gasteiger partial charge in [-0.2, -0.15) is 0 Å². The molecule has 0 spiro atoms. The van der Waals surface area contributed by atoms with Gasteiger partial charge < -0.3 is 10.2 Å². The number of fused-ring (bicyclic) bond motifs is 1. The van der Waals surface area contributed by atoms with Gasteiger partial charge in [0.05, 0.1) is 0 Å². The van der Waals surface area contributed by atoms with Crippen LogP contribution in [-0.2, 0) is 13.0 Å². The summed E-state index contributed by atoms with van der Waals surface area (Å²) in [6.07, 6.45) is 4.42. The molecule has 0 aliphatic carbocycles. The molecule has 2 aromatic rings. The van der Waals surface area contributed by atoms with Crippen LogP contribution >= 0.6 is 11.3 Å². The monoisotopic (exact) mass is 287 g/mol. The zero-order valence-electron chi connectivity index (χ0n) is 12.1. The molecule has 3 nitrogen and oxygen atoms in total. The molecule has 20 heavy (non-hydrogen) atoms. The summed E-state index contributed by atoms with van der Waals surface area (Å²) in [5.74, 6) is 0. The molecule has 0 unspecified atom stereocenters. The fourth-order valence-electron chi connectivity index (χ4n) is 2.69. The van der Waals surface area contributed by atoms with Crippen LogP contribution < -0.4 is 10.2 Å². The molecular formula is C16H21N3S. The number of rotatable bonds is 4. The van der Waals surface area contributed by atoms with Crippen molar-refractivity contribution in [2.45, 2.75) is 26.3 Å². The Morgan fingerprint density at radius 2 is 2.30 bits per heavy atom. The Hall–Kier alpha value is -1.39. The molecule has 0 fully saturated rings. The standard InChI is InChI=1S/C16H21N3S/c1-3-17-10-14-11-18-16(20-14)13-6-7-15-12(9-13)5-4-8-19(15)2/h6-7,9,11,17H,3-5,8,10H2,1-2H3. The van der Waals surface area contributed by atoms with E-state index >= 15 is 0 Å². The van der Waals surface area contributed by atoms with E-state index < -0.39 is 0 Å². The normalized spacial score (nSPS) is 14.4. The molecule has 0 amide bonds. The maximum atomic E-state index is 4.57. The first-order valence-electron chi connectivity index (χ1n) is 7.28. The predicted octanol–water partition coefficient (Wildman–Crippen LogP) is 3.30. The number of hydrogen-bond acceptors (Lipinski definition) is 4. The molecule has 0 saturated heterocycles. The maximum absolute atomic E-state index is 4.57.